The molecule has 5 rings (SSSR count). The van der Waals surface area contributed by atoms with Crippen molar-refractivity contribution in [3.8, 4) is 17.5 Å². The van der Waals surface area contributed by atoms with Crippen molar-refractivity contribution in [2.24, 2.45) is 5.92 Å². The number of aromatic nitrogens is 1. The van der Waals surface area contributed by atoms with Gasteiger partial charge in [0.15, 0.2) is 5.58 Å². The van der Waals surface area contributed by atoms with Gasteiger partial charge in [-0.25, -0.2) is 4.98 Å². The number of carboxylic acid groups (broad SMARTS) is 1. The largest absolute Gasteiger partial charge is 0.495 e. The van der Waals surface area contributed by atoms with Crippen LogP contribution in [-0.4, -0.2) is 52.4 Å². The Morgan fingerprint density at radius 3 is 2.61 bits per heavy atom. The van der Waals surface area contributed by atoms with Crippen LogP contribution in [0.1, 0.15) is 50.8 Å². The molecule has 1 aromatic heterocycles. The lowest BCUT2D eigenvalue weighted by atomic mass is 9.75. The fraction of sp³-hybridized carbons (Fsp3) is 0.444. The Hall–Kier alpha value is -3.19. The lowest BCUT2D eigenvalue weighted by Crippen LogP contribution is -2.41. The SMILES string of the molecule is Cc1c(B2OC(C)(C)C(C)(C)O2)cccc1-c1nc2cc(CN3CC[C@@H](C(=O)O)C3)cc(C#N)c2o1. The molecule has 186 valence electrons. The predicted octanol–water partition coefficient (Wildman–Crippen LogP) is 3.88. The minimum atomic E-state index is -0.759. The molecule has 1 N–H and O–H groups in total. The topological polar surface area (TPSA) is 109 Å². The maximum absolute atomic E-state index is 11.3. The van der Waals surface area contributed by atoms with Crippen molar-refractivity contribution in [3.05, 3.63) is 47.0 Å². The van der Waals surface area contributed by atoms with Crippen molar-refractivity contribution < 1.29 is 23.6 Å². The third-order valence-electron chi connectivity index (χ3n) is 7.81. The normalized spacial score (nSPS) is 21.2. The first-order chi connectivity index (χ1) is 17.0. The molecule has 0 spiro atoms. The summed E-state index contributed by atoms with van der Waals surface area (Å²) in [5.74, 6) is -0.673. The maximum atomic E-state index is 11.3. The molecule has 2 fully saturated rings. The second-order valence-electron chi connectivity index (χ2n) is 10.8. The number of nitriles is 1. The van der Waals surface area contributed by atoms with Crippen molar-refractivity contribution in [3.63, 3.8) is 0 Å². The Bertz CT molecular complexity index is 1370. The summed E-state index contributed by atoms with van der Waals surface area (Å²) in [7, 11) is -0.504. The molecule has 8 nitrogen and oxygen atoms in total. The van der Waals surface area contributed by atoms with Crippen molar-refractivity contribution >= 4 is 29.7 Å². The zero-order valence-electron chi connectivity index (χ0n) is 21.3. The number of oxazole rings is 1. The number of nitrogens with zero attached hydrogens (tertiary/aromatic N) is 3. The fourth-order valence-electron chi connectivity index (χ4n) is 4.93. The van der Waals surface area contributed by atoms with Crippen molar-refractivity contribution in [1.29, 1.82) is 5.26 Å². The van der Waals surface area contributed by atoms with E-state index in [1.165, 1.54) is 0 Å². The molecule has 0 bridgehead atoms. The lowest BCUT2D eigenvalue weighted by Gasteiger charge is -2.32. The highest BCUT2D eigenvalue weighted by atomic mass is 16.7. The molecule has 2 aromatic carbocycles. The monoisotopic (exact) mass is 487 g/mol. The molecule has 1 atom stereocenters. The number of rotatable bonds is 5. The smallest absolute Gasteiger partial charge is 0.481 e. The third kappa shape index (κ3) is 4.19. The summed E-state index contributed by atoms with van der Waals surface area (Å²) in [5, 5.41) is 19.1. The zero-order valence-corrected chi connectivity index (χ0v) is 21.3. The third-order valence-corrected chi connectivity index (χ3v) is 7.81. The second-order valence-corrected chi connectivity index (χ2v) is 10.8. The molecule has 36 heavy (non-hydrogen) atoms. The number of likely N-dealkylation sites (tertiary alicyclic amines) is 1. The van der Waals surface area contributed by atoms with Gasteiger partial charge in [0.05, 0.1) is 22.7 Å². The summed E-state index contributed by atoms with van der Waals surface area (Å²) >= 11 is 0. The van der Waals surface area contributed by atoms with E-state index in [-0.39, 0.29) is 5.92 Å². The van der Waals surface area contributed by atoms with E-state index in [4.69, 9.17) is 18.7 Å². The molecule has 0 amide bonds. The number of carbonyl (C=O) groups is 1. The number of benzene rings is 2. The minimum absolute atomic E-state index is 0.345. The minimum Gasteiger partial charge on any atom is -0.481 e. The van der Waals surface area contributed by atoms with Crippen LogP contribution in [0.2, 0.25) is 0 Å². The van der Waals surface area contributed by atoms with E-state index in [1.807, 2.05) is 58.9 Å². The molecular formula is C27H30BN3O5. The maximum Gasteiger partial charge on any atom is 0.495 e. The summed E-state index contributed by atoms with van der Waals surface area (Å²) in [6.45, 7) is 11.9. The van der Waals surface area contributed by atoms with Crippen LogP contribution in [0.15, 0.2) is 34.7 Å². The van der Waals surface area contributed by atoms with Gasteiger partial charge in [-0.05, 0) is 82.4 Å². The molecule has 3 heterocycles. The molecule has 0 saturated carbocycles. The van der Waals surface area contributed by atoms with Gasteiger partial charge in [-0.1, -0.05) is 12.1 Å². The van der Waals surface area contributed by atoms with Crippen LogP contribution in [0.25, 0.3) is 22.6 Å². The van der Waals surface area contributed by atoms with E-state index < -0.39 is 24.3 Å². The van der Waals surface area contributed by atoms with Crippen LogP contribution in [0.3, 0.4) is 0 Å². The summed E-state index contributed by atoms with van der Waals surface area (Å²) < 4.78 is 18.6. The highest BCUT2D eigenvalue weighted by molar-refractivity contribution is 6.62. The first kappa shape index (κ1) is 24.5. The average molecular weight is 487 g/mol. The van der Waals surface area contributed by atoms with E-state index >= 15 is 0 Å². The molecule has 2 aliphatic rings. The average Bonchev–Trinajstić information content (AvgIpc) is 3.49. The number of hydrogen-bond donors (Lipinski definition) is 1. The zero-order chi connectivity index (χ0) is 25.8. The van der Waals surface area contributed by atoms with Crippen molar-refractivity contribution in [1.82, 2.24) is 9.88 Å². The molecule has 0 unspecified atom stereocenters. The second kappa shape index (κ2) is 8.73. The number of aliphatic carboxylic acids is 1. The van der Waals surface area contributed by atoms with Crippen LogP contribution < -0.4 is 5.46 Å². The first-order valence-corrected chi connectivity index (χ1v) is 12.2. The summed E-state index contributed by atoms with van der Waals surface area (Å²) in [5.41, 5.74) is 4.14. The van der Waals surface area contributed by atoms with E-state index in [2.05, 4.69) is 11.0 Å². The Kier molecular flexibility index (Phi) is 5.95. The van der Waals surface area contributed by atoms with Crippen molar-refractivity contribution in [2.45, 2.75) is 58.8 Å². The van der Waals surface area contributed by atoms with Gasteiger partial charge in [-0.15, -0.1) is 0 Å². The van der Waals surface area contributed by atoms with E-state index in [1.54, 1.807) is 6.07 Å². The van der Waals surface area contributed by atoms with Gasteiger partial charge in [-0.2, -0.15) is 5.26 Å². The molecule has 0 radical (unpaired) electrons. The Labute approximate surface area is 211 Å². The quantitative estimate of drug-likeness (QED) is 0.541. The van der Waals surface area contributed by atoms with Gasteiger partial charge in [-0.3, -0.25) is 9.69 Å². The van der Waals surface area contributed by atoms with Crippen LogP contribution >= 0.6 is 0 Å². The van der Waals surface area contributed by atoms with Crippen LogP contribution in [0.5, 0.6) is 0 Å². The van der Waals surface area contributed by atoms with E-state index in [9.17, 15) is 15.2 Å². The van der Waals surface area contributed by atoms with E-state index in [0.29, 0.717) is 48.6 Å². The Balaban J connectivity index is 1.47. The van der Waals surface area contributed by atoms with Gasteiger partial charge < -0.3 is 18.8 Å². The molecule has 2 saturated heterocycles. The number of carboxylic acids is 1. The van der Waals surface area contributed by atoms with Gasteiger partial charge in [0.2, 0.25) is 5.89 Å². The molecule has 9 heteroatoms. The summed E-state index contributed by atoms with van der Waals surface area (Å²) in [6, 6.07) is 11.8. The fourth-order valence-corrected chi connectivity index (χ4v) is 4.93. The first-order valence-electron chi connectivity index (χ1n) is 12.2. The van der Waals surface area contributed by atoms with Gasteiger partial charge in [0, 0.05) is 18.7 Å². The lowest BCUT2D eigenvalue weighted by molar-refractivity contribution is -0.141. The molecule has 3 aromatic rings. The van der Waals surface area contributed by atoms with Gasteiger partial charge in [0.25, 0.3) is 0 Å². The number of fused-ring (bicyclic) bond motifs is 1. The predicted molar refractivity (Wildman–Crippen MR) is 136 cm³/mol. The molecule has 0 aliphatic carbocycles. The van der Waals surface area contributed by atoms with Gasteiger partial charge in [0.1, 0.15) is 11.6 Å². The molecule has 2 aliphatic heterocycles. The molecular weight excluding hydrogens is 457 g/mol. The number of hydrogen-bond acceptors (Lipinski definition) is 7. The standard InChI is InChI=1S/C27H30BN3O5/c1-16-20(7-6-8-21(16)28-35-26(2,3)27(4,5)36-28)24-30-22-12-17(11-19(13-29)23(22)34-24)14-31-10-9-18(15-31)25(32)33/h6-8,11-12,18H,9-10,14-15H2,1-5H3,(H,32,33)/t18-/m1/s1. The Morgan fingerprint density at radius 2 is 1.97 bits per heavy atom. The van der Waals surface area contributed by atoms with Crippen LogP contribution in [0, 0.1) is 24.2 Å². The highest BCUT2D eigenvalue weighted by Crippen LogP contribution is 2.37. The van der Waals surface area contributed by atoms with Gasteiger partial charge >= 0.3 is 13.1 Å². The van der Waals surface area contributed by atoms with E-state index in [0.717, 1.165) is 22.2 Å². The van der Waals surface area contributed by atoms with Crippen LogP contribution in [-0.2, 0) is 20.6 Å². The summed E-state index contributed by atoms with van der Waals surface area (Å²) in [4.78, 5) is 18.1. The highest BCUT2D eigenvalue weighted by Gasteiger charge is 2.52. The van der Waals surface area contributed by atoms with Crippen molar-refractivity contribution in [2.75, 3.05) is 13.1 Å². The summed E-state index contributed by atoms with van der Waals surface area (Å²) in [6.07, 6.45) is 0.634. The van der Waals surface area contributed by atoms with Crippen LogP contribution in [0.4, 0.5) is 0 Å². The Morgan fingerprint density at radius 1 is 1.25 bits per heavy atom.